The minimum Gasteiger partial charge on any atom is -0.465 e. The van der Waals surface area contributed by atoms with Gasteiger partial charge in [0.15, 0.2) is 0 Å². The lowest BCUT2D eigenvalue weighted by molar-refractivity contribution is 0.131. The summed E-state index contributed by atoms with van der Waals surface area (Å²) in [5.41, 5.74) is 6.43. The van der Waals surface area contributed by atoms with Crippen LogP contribution in [0.4, 0.5) is 0 Å². The van der Waals surface area contributed by atoms with Gasteiger partial charge in [-0.25, -0.2) is 0 Å². The van der Waals surface area contributed by atoms with Crippen molar-refractivity contribution in [1.29, 1.82) is 0 Å². The Morgan fingerprint density at radius 3 is 2.50 bits per heavy atom. The van der Waals surface area contributed by atoms with E-state index in [1.165, 1.54) is 19.3 Å². The Kier molecular flexibility index (Phi) is 5.28. The molecular weight excluding hydrogens is 248 g/mol. The maximum atomic E-state index is 6.43. The van der Waals surface area contributed by atoms with Crippen LogP contribution in [0.1, 0.15) is 64.0 Å². The Labute approximate surface area is 123 Å². The quantitative estimate of drug-likeness (QED) is 0.784. The third-order valence-electron chi connectivity index (χ3n) is 4.27. The molecule has 1 heterocycles. The van der Waals surface area contributed by atoms with Crippen molar-refractivity contribution in [3.05, 3.63) is 23.7 Å². The zero-order valence-corrected chi connectivity index (χ0v) is 13.4. The Balaban J connectivity index is 2.18. The number of rotatable bonds is 8. The highest BCUT2D eigenvalue weighted by atomic mass is 16.3. The highest BCUT2D eigenvalue weighted by Crippen LogP contribution is 2.37. The minimum absolute atomic E-state index is 0.147. The van der Waals surface area contributed by atoms with Gasteiger partial charge < -0.3 is 10.2 Å². The molecule has 1 aromatic rings. The first-order valence-electron chi connectivity index (χ1n) is 8.10. The van der Waals surface area contributed by atoms with E-state index in [1.54, 1.807) is 0 Å². The van der Waals surface area contributed by atoms with Gasteiger partial charge in [-0.1, -0.05) is 20.8 Å². The van der Waals surface area contributed by atoms with Crippen LogP contribution in [0.15, 0.2) is 16.5 Å². The monoisotopic (exact) mass is 278 g/mol. The topological polar surface area (TPSA) is 42.4 Å². The Morgan fingerprint density at radius 2 is 2.05 bits per heavy atom. The molecule has 0 radical (unpaired) electrons. The summed E-state index contributed by atoms with van der Waals surface area (Å²) in [5, 5.41) is 0. The standard InChI is InChI=1S/C17H30N2O/c1-5-15(18)17(16-9-6-13(4)20-16)19(14-7-8-14)11-10-12(2)3/h6,9,12,14-15,17H,5,7-8,10-11,18H2,1-4H3. The molecule has 2 N–H and O–H groups in total. The van der Waals surface area contributed by atoms with Crippen LogP contribution in [0.2, 0.25) is 0 Å². The van der Waals surface area contributed by atoms with Gasteiger partial charge in [0.25, 0.3) is 0 Å². The first-order chi connectivity index (χ1) is 9.52. The highest BCUT2D eigenvalue weighted by molar-refractivity contribution is 5.13. The molecule has 20 heavy (non-hydrogen) atoms. The molecule has 0 aromatic carbocycles. The van der Waals surface area contributed by atoms with E-state index < -0.39 is 0 Å². The molecule has 0 amide bonds. The van der Waals surface area contributed by atoms with Gasteiger partial charge in [-0.15, -0.1) is 0 Å². The van der Waals surface area contributed by atoms with Crippen molar-refractivity contribution in [2.45, 2.75) is 71.5 Å². The molecule has 1 aliphatic rings. The lowest BCUT2D eigenvalue weighted by Crippen LogP contribution is -2.42. The van der Waals surface area contributed by atoms with Gasteiger partial charge >= 0.3 is 0 Å². The smallest absolute Gasteiger partial charge is 0.122 e. The second kappa shape index (κ2) is 6.77. The highest BCUT2D eigenvalue weighted by Gasteiger charge is 2.38. The Morgan fingerprint density at radius 1 is 1.35 bits per heavy atom. The third kappa shape index (κ3) is 3.86. The van der Waals surface area contributed by atoms with Crippen molar-refractivity contribution < 1.29 is 4.42 Å². The van der Waals surface area contributed by atoms with Gasteiger partial charge in [0.2, 0.25) is 0 Å². The summed E-state index contributed by atoms with van der Waals surface area (Å²) in [6, 6.07) is 5.26. The van der Waals surface area contributed by atoms with E-state index in [0.717, 1.165) is 30.4 Å². The number of hydrogen-bond acceptors (Lipinski definition) is 3. The molecule has 0 saturated heterocycles. The van der Waals surface area contributed by atoms with E-state index in [1.807, 2.05) is 6.92 Å². The van der Waals surface area contributed by atoms with Gasteiger partial charge in [-0.05, 0) is 57.2 Å². The molecule has 0 spiro atoms. The zero-order valence-electron chi connectivity index (χ0n) is 13.4. The summed E-state index contributed by atoms with van der Waals surface area (Å²) in [5.74, 6) is 2.76. The van der Waals surface area contributed by atoms with Crippen LogP contribution < -0.4 is 5.73 Å². The number of nitrogens with two attached hydrogens (primary N) is 1. The van der Waals surface area contributed by atoms with Crippen LogP contribution in [0.3, 0.4) is 0 Å². The first-order valence-corrected chi connectivity index (χ1v) is 8.10. The van der Waals surface area contributed by atoms with Crippen LogP contribution in [-0.4, -0.2) is 23.5 Å². The molecule has 0 aliphatic heterocycles. The Bertz CT molecular complexity index is 409. The van der Waals surface area contributed by atoms with Crippen LogP contribution in [0, 0.1) is 12.8 Å². The molecule has 2 rings (SSSR count). The molecule has 0 bridgehead atoms. The van der Waals surface area contributed by atoms with E-state index in [-0.39, 0.29) is 12.1 Å². The normalized spacial score (nSPS) is 18.8. The van der Waals surface area contributed by atoms with E-state index in [0.29, 0.717) is 6.04 Å². The molecule has 1 aliphatic carbocycles. The second-order valence-electron chi connectivity index (χ2n) is 6.62. The SMILES string of the molecule is CCC(N)C(c1ccc(C)o1)N(CCC(C)C)C1CC1. The number of aryl methyl sites for hydroxylation is 1. The summed E-state index contributed by atoms with van der Waals surface area (Å²) in [7, 11) is 0. The van der Waals surface area contributed by atoms with Crippen molar-refractivity contribution in [2.75, 3.05) is 6.54 Å². The summed E-state index contributed by atoms with van der Waals surface area (Å²) in [6.45, 7) is 9.88. The van der Waals surface area contributed by atoms with E-state index >= 15 is 0 Å². The fourth-order valence-electron chi connectivity index (χ4n) is 2.82. The van der Waals surface area contributed by atoms with Crippen molar-refractivity contribution in [3.8, 4) is 0 Å². The molecule has 1 aromatic heterocycles. The first kappa shape index (κ1) is 15.6. The number of nitrogens with zero attached hydrogens (tertiary/aromatic N) is 1. The average molecular weight is 278 g/mol. The van der Waals surface area contributed by atoms with Gasteiger partial charge in [-0.2, -0.15) is 0 Å². The third-order valence-corrected chi connectivity index (χ3v) is 4.27. The molecule has 1 fully saturated rings. The van der Waals surface area contributed by atoms with Crippen molar-refractivity contribution in [3.63, 3.8) is 0 Å². The van der Waals surface area contributed by atoms with Gasteiger partial charge in [0.1, 0.15) is 11.5 Å². The zero-order chi connectivity index (χ0) is 14.7. The summed E-state index contributed by atoms with van der Waals surface area (Å²) in [6.07, 6.45) is 4.83. The minimum atomic E-state index is 0.147. The van der Waals surface area contributed by atoms with E-state index in [9.17, 15) is 0 Å². The summed E-state index contributed by atoms with van der Waals surface area (Å²) in [4.78, 5) is 2.60. The molecular formula is C17H30N2O. The lowest BCUT2D eigenvalue weighted by atomic mass is 10.0. The van der Waals surface area contributed by atoms with Gasteiger partial charge in [-0.3, -0.25) is 4.90 Å². The molecule has 1 saturated carbocycles. The van der Waals surface area contributed by atoms with Crippen molar-refractivity contribution in [2.24, 2.45) is 11.7 Å². The molecule has 2 atom stereocenters. The number of hydrogen-bond donors (Lipinski definition) is 1. The lowest BCUT2D eigenvalue weighted by Gasteiger charge is -2.34. The predicted octanol–water partition coefficient (Wildman–Crippen LogP) is 3.88. The van der Waals surface area contributed by atoms with Gasteiger partial charge in [0, 0.05) is 12.1 Å². The Hall–Kier alpha value is -0.800. The van der Waals surface area contributed by atoms with Crippen LogP contribution in [0.5, 0.6) is 0 Å². The van der Waals surface area contributed by atoms with E-state index in [2.05, 4.69) is 37.8 Å². The largest absolute Gasteiger partial charge is 0.465 e. The van der Waals surface area contributed by atoms with Crippen LogP contribution in [-0.2, 0) is 0 Å². The van der Waals surface area contributed by atoms with Crippen LogP contribution in [0.25, 0.3) is 0 Å². The second-order valence-corrected chi connectivity index (χ2v) is 6.62. The molecule has 2 unspecified atom stereocenters. The van der Waals surface area contributed by atoms with E-state index in [4.69, 9.17) is 10.2 Å². The predicted molar refractivity (Wildman–Crippen MR) is 83.6 cm³/mol. The molecule has 3 heteroatoms. The summed E-state index contributed by atoms with van der Waals surface area (Å²) < 4.78 is 5.91. The maximum Gasteiger partial charge on any atom is 0.122 e. The van der Waals surface area contributed by atoms with Crippen LogP contribution >= 0.6 is 0 Å². The summed E-state index contributed by atoms with van der Waals surface area (Å²) >= 11 is 0. The average Bonchev–Trinajstić information content (AvgIpc) is 3.16. The van der Waals surface area contributed by atoms with Gasteiger partial charge in [0.05, 0.1) is 6.04 Å². The fraction of sp³-hybridized carbons (Fsp3) is 0.765. The number of furan rings is 1. The fourth-order valence-corrected chi connectivity index (χ4v) is 2.82. The van der Waals surface area contributed by atoms with Crippen molar-refractivity contribution >= 4 is 0 Å². The maximum absolute atomic E-state index is 6.43. The van der Waals surface area contributed by atoms with Crippen molar-refractivity contribution in [1.82, 2.24) is 4.90 Å². The molecule has 114 valence electrons. The molecule has 3 nitrogen and oxygen atoms in total.